The molecule has 1 saturated heterocycles. The number of hydrogen-bond donors (Lipinski definition) is 1. The van der Waals surface area contributed by atoms with Crippen molar-refractivity contribution in [2.45, 2.75) is 24.8 Å². The molecular formula is C12H17FN2O2S. The highest BCUT2D eigenvalue weighted by atomic mass is 32.2. The maximum Gasteiger partial charge on any atom is 0.246 e. The number of nitrogens with one attached hydrogen (secondary N) is 1. The van der Waals surface area contributed by atoms with E-state index < -0.39 is 15.8 Å². The molecule has 0 bridgehead atoms. The molecule has 1 atom stereocenters. The van der Waals surface area contributed by atoms with E-state index in [0.717, 1.165) is 5.56 Å². The lowest BCUT2D eigenvalue weighted by atomic mass is 10.2. The van der Waals surface area contributed by atoms with Crippen LogP contribution >= 0.6 is 0 Å². The van der Waals surface area contributed by atoms with Gasteiger partial charge in [0.1, 0.15) is 10.7 Å². The van der Waals surface area contributed by atoms with Crippen LogP contribution in [0.5, 0.6) is 0 Å². The molecule has 0 aliphatic carbocycles. The second kappa shape index (κ2) is 4.95. The maximum absolute atomic E-state index is 13.7. The van der Waals surface area contributed by atoms with Crippen molar-refractivity contribution in [1.82, 2.24) is 9.62 Å². The minimum Gasteiger partial charge on any atom is -0.314 e. The highest BCUT2D eigenvalue weighted by Crippen LogP contribution is 2.22. The van der Waals surface area contributed by atoms with Gasteiger partial charge in [0.05, 0.1) is 0 Å². The standard InChI is InChI=1S/C12H17FN2O2S/c1-9-3-4-11(13)12(7-9)18(16,17)15-6-5-14-8-10(15)2/h3-4,7,10,14H,5-6,8H2,1-2H3/t10-/m0/s1. The van der Waals surface area contributed by atoms with Crippen LogP contribution in [0.4, 0.5) is 4.39 Å². The molecule has 0 saturated carbocycles. The molecule has 0 amide bonds. The summed E-state index contributed by atoms with van der Waals surface area (Å²) in [7, 11) is -3.75. The summed E-state index contributed by atoms with van der Waals surface area (Å²) in [6.07, 6.45) is 0. The van der Waals surface area contributed by atoms with Gasteiger partial charge in [0.2, 0.25) is 10.0 Å². The van der Waals surface area contributed by atoms with Crippen LogP contribution in [0.15, 0.2) is 23.1 Å². The molecule has 0 unspecified atom stereocenters. The monoisotopic (exact) mass is 272 g/mol. The summed E-state index contributed by atoms with van der Waals surface area (Å²) in [4.78, 5) is -0.226. The Balaban J connectivity index is 2.44. The molecule has 6 heteroatoms. The zero-order chi connectivity index (χ0) is 13.3. The molecule has 1 aliphatic heterocycles. The quantitative estimate of drug-likeness (QED) is 0.877. The van der Waals surface area contributed by atoms with Crippen molar-refractivity contribution in [2.24, 2.45) is 0 Å². The zero-order valence-electron chi connectivity index (χ0n) is 10.5. The van der Waals surface area contributed by atoms with Crippen molar-refractivity contribution in [3.8, 4) is 0 Å². The van der Waals surface area contributed by atoms with Gasteiger partial charge in [-0.05, 0) is 31.5 Å². The van der Waals surface area contributed by atoms with Gasteiger partial charge in [0.15, 0.2) is 0 Å². The van der Waals surface area contributed by atoms with Crippen molar-refractivity contribution in [2.75, 3.05) is 19.6 Å². The fourth-order valence-corrected chi connectivity index (χ4v) is 3.90. The van der Waals surface area contributed by atoms with Gasteiger partial charge in [-0.1, -0.05) is 6.07 Å². The summed E-state index contributed by atoms with van der Waals surface area (Å²) in [5.74, 6) is -0.689. The molecule has 0 aromatic heterocycles. The third-order valence-electron chi connectivity index (χ3n) is 3.11. The van der Waals surface area contributed by atoms with Crippen LogP contribution < -0.4 is 5.32 Å². The van der Waals surface area contributed by atoms with E-state index in [4.69, 9.17) is 0 Å². The summed E-state index contributed by atoms with van der Waals surface area (Å²) in [6.45, 7) is 5.12. The maximum atomic E-state index is 13.7. The molecule has 18 heavy (non-hydrogen) atoms. The Morgan fingerprint density at radius 3 is 2.83 bits per heavy atom. The molecule has 1 fully saturated rings. The first-order valence-corrected chi connectivity index (χ1v) is 7.35. The molecule has 0 spiro atoms. The average Bonchev–Trinajstić information content (AvgIpc) is 2.32. The topological polar surface area (TPSA) is 49.4 Å². The van der Waals surface area contributed by atoms with Crippen molar-refractivity contribution in [3.63, 3.8) is 0 Å². The zero-order valence-corrected chi connectivity index (χ0v) is 11.3. The van der Waals surface area contributed by atoms with Crippen LogP contribution in [0.1, 0.15) is 12.5 Å². The van der Waals surface area contributed by atoms with E-state index in [9.17, 15) is 12.8 Å². The summed E-state index contributed by atoms with van der Waals surface area (Å²) in [5.41, 5.74) is 0.734. The summed E-state index contributed by atoms with van der Waals surface area (Å²) in [5, 5.41) is 3.11. The van der Waals surface area contributed by atoms with Crippen LogP contribution in [-0.4, -0.2) is 38.4 Å². The Morgan fingerprint density at radius 1 is 1.44 bits per heavy atom. The Hall–Kier alpha value is -0.980. The van der Waals surface area contributed by atoms with Crippen molar-refractivity contribution >= 4 is 10.0 Å². The number of nitrogens with zero attached hydrogens (tertiary/aromatic N) is 1. The molecule has 2 rings (SSSR count). The summed E-state index contributed by atoms with van der Waals surface area (Å²) < 4.78 is 39.9. The smallest absolute Gasteiger partial charge is 0.246 e. The van der Waals surface area contributed by atoms with Crippen LogP contribution in [-0.2, 0) is 10.0 Å². The number of rotatable bonds is 2. The van der Waals surface area contributed by atoms with Crippen LogP contribution in [0.25, 0.3) is 0 Å². The average molecular weight is 272 g/mol. The predicted octanol–water partition coefficient (Wildman–Crippen LogP) is 1.12. The minimum atomic E-state index is -3.75. The number of aryl methyl sites for hydroxylation is 1. The van der Waals surface area contributed by atoms with Gasteiger partial charge in [0, 0.05) is 25.7 Å². The van der Waals surface area contributed by atoms with E-state index in [1.54, 1.807) is 13.0 Å². The lowest BCUT2D eigenvalue weighted by Crippen LogP contribution is -2.52. The van der Waals surface area contributed by atoms with E-state index >= 15 is 0 Å². The number of sulfonamides is 1. The van der Waals surface area contributed by atoms with Crippen LogP contribution in [0, 0.1) is 12.7 Å². The highest BCUT2D eigenvalue weighted by molar-refractivity contribution is 7.89. The van der Waals surface area contributed by atoms with Crippen molar-refractivity contribution in [1.29, 1.82) is 0 Å². The van der Waals surface area contributed by atoms with E-state index in [0.29, 0.717) is 19.6 Å². The molecule has 1 heterocycles. The van der Waals surface area contributed by atoms with Crippen molar-refractivity contribution < 1.29 is 12.8 Å². The fourth-order valence-electron chi connectivity index (χ4n) is 2.11. The SMILES string of the molecule is Cc1ccc(F)c(S(=O)(=O)N2CCNC[C@@H]2C)c1. The second-order valence-corrected chi connectivity index (χ2v) is 6.46. The molecule has 1 aromatic carbocycles. The summed E-state index contributed by atoms with van der Waals surface area (Å²) >= 11 is 0. The Morgan fingerprint density at radius 2 is 2.17 bits per heavy atom. The third-order valence-corrected chi connectivity index (χ3v) is 5.14. The molecule has 1 aliphatic rings. The van der Waals surface area contributed by atoms with Gasteiger partial charge in [-0.25, -0.2) is 12.8 Å². The summed E-state index contributed by atoms with van der Waals surface area (Å²) in [6, 6.07) is 3.99. The molecule has 1 N–H and O–H groups in total. The van der Waals surface area contributed by atoms with Gasteiger partial charge in [-0.15, -0.1) is 0 Å². The van der Waals surface area contributed by atoms with Gasteiger partial charge in [-0.2, -0.15) is 4.31 Å². The first-order chi connectivity index (χ1) is 8.43. The van der Waals surface area contributed by atoms with E-state index in [-0.39, 0.29) is 10.9 Å². The Bertz CT molecular complexity index is 545. The van der Waals surface area contributed by atoms with Gasteiger partial charge >= 0.3 is 0 Å². The fraction of sp³-hybridized carbons (Fsp3) is 0.500. The highest BCUT2D eigenvalue weighted by Gasteiger charge is 2.32. The van der Waals surface area contributed by atoms with Gasteiger partial charge in [-0.3, -0.25) is 0 Å². The van der Waals surface area contributed by atoms with E-state index in [1.165, 1.54) is 16.4 Å². The molecule has 0 radical (unpaired) electrons. The molecule has 1 aromatic rings. The normalized spacial score (nSPS) is 22.1. The number of halogens is 1. The molecular weight excluding hydrogens is 255 g/mol. The minimum absolute atomic E-state index is 0.163. The Kier molecular flexibility index (Phi) is 3.70. The van der Waals surface area contributed by atoms with E-state index in [1.807, 2.05) is 6.92 Å². The molecule has 4 nitrogen and oxygen atoms in total. The van der Waals surface area contributed by atoms with Crippen molar-refractivity contribution in [3.05, 3.63) is 29.6 Å². The van der Waals surface area contributed by atoms with E-state index in [2.05, 4.69) is 5.32 Å². The van der Waals surface area contributed by atoms with Crippen LogP contribution in [0.3, 0.4) is 0 Å². The number of piperazine rings is 1. The lowest BCUT2D eigenvalue weighted by molar-refractivity contribution is 0.283. The third kappa shape index (κ3) is 2.41. The number of hydrogen-bond acceptors (Lipinski definition) is 3. The predicted molar refractivity (Wildman–Crippen MR) is 67.4 cm³/mol. The molecule has 100 valence electrons. The number of benzene rings is 1. The first kappa shape index (κ1) is 13.5. The van der Waals surface area contributed by atoms with Crippen LogP contribution in [0.2, 0.25) is 0 Å². The Labute approximate surface area is 107 Å². The largest absolute Gasteiger partial charge is 0.314 e. The second-order valence-electron chi connectivity index (χ2n) is 4.60. The lowest BCUT2D eigenvalue weighted by Gasteiger charge is -2.32. The van der Waals surface area contributed by atoms with Gasteiger partial charge < -0.3 is 5.32 Å². The van der Waals surface area contributed by atoms with Gasteiger partial charge in [0.25, 0.3) is 0 Å². The first-order valence-electron chi connectivity index (χ1n) is 5.91.